The van der Waals surface area contributed by atoms with Gasteiger partial charge in [-0.15, -0.1) is 0 Å². The van der Waals surface area contributed by atoms with E-state index in [0.29, 0.717) is 5.92 Å². The standard InChI is InChI=1S/C14H22O/c1-4-5-13(8-9-15)14-10-11(2)6-7-12(14)3/h6-7,10,13,15H,4-5,8-9H2,1-3H3. The Kier molecular flexibility index (Phi) is 4.83. The Balaban J connectivity index is 2.93. The molecule has 0 aliphatic rings. The maximum Gasteiger partial charge on any atom is 0.0436 e. The molecule has 0 aliphatic carbocycles. The van der Waals surface area contributed by atoms with Crippen molar-refractivity contribution in [2.45, 2.75) is 46.0 Å². The summed E-state index contributed by atoms with van der Waals surface area (Å²) >= 11 is 0. The number of aryl methyl sites for hydroxylation is 2. The predicted molar refractivity (Wildman–Crippen MR) is 65.3 cm³/mol. The van der Waals surface area contributed by atoms with E-state index in [1.165, 1.54) is 29.5 Å². The second-order valence-electron chi connectivity index (χ2n) is 4.36. The molecule has 0 aromatic heterocycles. The molecule has 1 atom stereocenters. The maximum absolute atomic E-state index is 9.08. The molecule has 0 aliphatic heterocycles. The molecule has 1 N–H and O–H groups in total. The van der Waals surface area contributed by atoms with Crippen molar-refractivity contribution >= 4 is 0 Å². The van der Waals surface area contributed by atoms with Crippen molar-refractivity contribution < 1.29 is 5.11 Å². The number of aliphatic hydroxyl groups is 1. The Hall–Kier alpha value is -0.820. The molecule has 0 bridgehead atoms. The third-order valence-corrected chi connectivity index (χ3v) is 2.99. The molecule has 1 unspecified atom stereocenters. The van der Waals surface area contributed by atoms with E-state index in [4.69, 9.17) is 5.11 Å². The van der Waals surface area contributed by atoms with Gasteiger partial charge < -0.3 is 5.11 Å². The topological polar surface area (TPSA) is 20.2 Å². The van der Waals surface area contributed by atoms with Crippen molar-refractivity contribution in [2.75, 3.05) is 6.61 Å². The van der Waals surface area contributed by atoms with Gasteiger partial charge in [0.1, 0.15) is 0 Å². The van der Waals surface area contributed by atoms with E-state index in [9.17, 15) is 0 Å². The average molecular weight is 206 g/mol. The van der Waals surface area contributed by atoms with Gasteiger partial charge in [0.05, 0.1) is 0 Å². The number of benzene rings is 1. The van der Waals surface area contributed by atoms with Gasteiger partial charge in [-0.05, 0) is 43.7 Å². The molecule has 84 valence electrons. The predicted octanol–water partition coefficient (Wildman–Crippen LogP) is 3.57. The van der Waals surface area contributed by atoms with Crippen LogP contribution >= 0.6 is 0 Å². The first-order valence-electron chi connectivity index (χ1n) is 5.87. The third-order valence-electron chi connectivity index (χ3n) is 2.99. The van der Waals surface area contributed by atoms with Gasteiger partial charge in [0.2, 0.25) is 0 Å². The molecule has 0 fully saturated rings. The molecule has 0 spiro atoms. The highest BCUT2D eigenvalue weighted by atomic mass is 16.3. The van der Waals surface area contributed by atoms with Crippen molar-refractivity contribution in [3.63, 3.8) is 0 Å². The lowest BCUT2D eigenvalue weighted by Gasteiger charge is -2.18. The largest absolute Gasteiger partial charge is 0.396 e. The normalized spacial score (nSPS) is 12.8. The van der Waals surface area contributed by atoms with Crippen LogP contribution in [-0.2, 0) is 0 Å². The Morgan fingerprint density at radius 3 is 2.53 bits per heavy atom. The molecule has 15 heavy (non-hydrogen) atoms. The molecule has 0 radical (unpaired) electrons. The van der Waals surface area contributed by atoms with E-state index in [-0.39, 0.29) is 6.61 Å². The van der Waals surface area contributed by atoms with Gasteiger partial charge in [-0.1, -0.05) is 37.1 Å². The van der Waals surface area contributed by atoms with E-state index < -0.39 is 0 Å². The monoisotopic (exact) mass is 206 g/mol. The first kappa shape index (κ1) is 12.3. The number of aliphatic hydroxyl groups excluding tert-OH is 1. The van der Waals surface area contributed by atoms with Crippen molar-refractivity contribution in [1.82, 2.24) is 0 Å². The van der Waals surface area contributed by atoms with Crippen LogP contribution in [0.3, 0.4) is 0 Å². The summed E-state index contributed by atoms with van der Waals surface area (Å²) in [7, 11) is 0. The Morgan fingerprint density at radius 2 is 1.93 bits per heavy atom. The molecular weight excluding hydrogens is 184 g/mol. The molecule has 0 heterocycles. The molecule has 0 saturated heterocycles. The Morgan fingerprint density at radius 1 is 1.20 bits per heavy atom. The second kappa shape index (κ2) is 5.92. The summed E-state index contributed by atoms with van der Waals surface area (Å²) in [6.45, 7) is 6.78. The van der Waals surface area contributed by atoms with Crippen LogP contribution in [0.15, 0.2) is 18.2 Å². The minimum atomic E-state index is 0.290. The zero-order valence-electron chi connectivity index (χ0n) is 10.1. The minimum Gasteiger partial charge on any atom is -0.396 e. The summed E-state index contributed by atoms with van der Waals surface area (Å²) in [5.41, 5.74) is 4.09. The van der Waals surface area contributed by atoms with Gasteiger partial charge in [0.15, 0.2) is 0 Å². The summed E-state index contributed by atoms with van der Waals surface area (Å²) in [6.07, 6.45) is 3.24. The Bertz CT molecular complexity index is 298. The van der Waals surface area contributed by atoms with Gasteiger partial charge in [-0.25, -0.2) is 0 Å². The molecular formula is C14H22O. The SMILES string of the molecule is CCCC(CCO)c1cc(C)ccc1C. The van der Waals surface area contributed by atoms with Crippen LogP contribution < -0.4 is 0 Å². The molecule has 1 aromatic rings. The lowest BCUT2D eigenvalue weighted by molar-refractivity contribution is 0.272. The number of rotatable bonds is 5. The summed E-state index contributed by atoms with van der Waals surface area (Å²) in [4.78, 5) is 0. The van der Waals surface area contributed by atoms with E-state index >= 15 is 0 Å². The van der Waals surface area contributed by atoms with Crippen molar-refractivity contribution in [3.8, 4) is 0 Å². The van der Waals surface area contributed by atoms with Crippen LogP contribution in [0, 0.1) is 13.8 Å². The highest BCUT2D eigenvalue weighted by Gasteiger charge is 2.12. The first-order chi connectivity index (χ1) is 7.19. The molecule has 1 nitrogen and oxygen atoms in total. The Labute approximate surface area is 93.1 Å². The fourth-order valence-corrected chi connectivity index (χ4v) is 2.16. The minimum absolute atomic E-state index is 0.290. The average Bonchev–Trinajstić information content (AvgIpc) is 2.21. The molecule has 1 heteroatoms. The summed E-state index contributed by atoms with van der Waals surface area (Å²) in [5, 5.41) is 9.08. The molecule has 1 aromatic carbocycles. The van der Waals surface area contributed by atoms with E-state index in [0.717, 1.165) is 6.42 Å². The quantitative estimate of drug-likeness (QED) is 0.781. The fourth-order valence-electron chi connectivity index (χ4n) is 2.16. The van der Waals surface area contributed by atoms with Gasteiger partial charge in [0.25, 0.3) is 0 Å². The van der Waals surface area contributed by atoms with Crippen molar-refractivity contribution in [1.29, 1.82) is 0 Å². The van der Waals surface area contributed by atoms with Gasteiger partial charge in [0, 0.05) is 6.61 Å². The van der Waals surface area contributed by atoms with Gasteiger partial charge >= 0.3 is 0 Å². The summed E-state index contributed by atoms with van der Waals surface area (Å²) in [5.74, 6) is 0.528. The lowest BCUT2D eigenvalue weighted by Crippen LogP contribution is -2.04. The summed E-state index contributed by atoms with van der Waals surface area (Å²) in [6, 6.07) is 6.61. The smallest absolute Gasteiger partial charge is 0.0436 e. The van der Waals surface area contributed by atoms with Crippen molar-refractivity contribution in [3.05, 3.63) is 34.9 Å². The lowest BCUT2D eigenvalue weighted by atomic mass is 9.88. The zero-order valence-corrected chi connectivity index (χ0v) is 10.1. The van der Waals surface area contributed by atoms with Gasteiger partial charge in [-0.2, -0.15) is 0 Å². The van der Waals surface area contributed by atoms with Crippen molar-refractivity contribution in [2.24, 2.45) is 0 Å². The number of hydrogen-bond donors (Lipinski definition) is 1. The second-order valence-corrected chi connectivity index (χ2v) is 4.36. The highest BCUT2D eigenvalue weighted by Crippen LogP contribution is 2.28. The zero-order chi connectivity index (χ0) is 11.3. The summed E-state index contributed by atoms with van der Waals surface area (Å²) < 4.78 is 0. The van der Waals surface area contributed by atoms with Crippen LogP contribution in [0.4, 0.5) is 0 Å². The molecule has 1 rings (SSSR count). The van der Waals surface area contributed by atoms with E-state index in [1.807, 2.05) is 0 Å². The van der Waals surface area contributed by atoms with E-state index in [2.05, 4.69) is 39.0 Å². The van der Waals surface area contributed by atoms with Crippen LogP contribution in [-0.4, -0.2) is 11.7 Å². The first-order valence-corrected chi connectivity index (χ1v) is 5.87. The van der Waals surface area contributed by atoms with E-state index in [1.54, 1.807) is 0 Å². The molecule has 0 saturated carbocycles. The molecule has 0 amide bonds. The van der Waals surface area contributed by atoms with Crippen LogP contribution in [0.1, 0.15) is 48.8 Å². The van der Waals surface area contributed by atoms with Crippen LogP contribution in [0.5, 0.6) is 0 Å². The van der Waals surface area contributed by atoms with Crippen LogP contribution in [0.25, 0.3) is 0 Å². The maximum atomic E-state index is 9.08. The number of hydrogen-bond acceptors (Lipinski definition) is 1. The van der Waals surface area contributed by atoms with Crippen LogP contribution in [0.2, 0.25) is 0 Å². The third kappa shape index (κ3) is 3.35. The highest BCUT2D eigenvalue weighted by molar-refractivity contribution is 5.33. The van der Waals surface area contributed by atoms with Gasteiger partial charge in [-0.3, -0.25) is 0 Å². The fraction of sp³-hybridized carbons (Fsp3) is 0.571.